The topological polar surface area (TPSA) is 56.2 Å². The Morgan fingerprint density at radius 1 is 1.40 bits per heavy atom. The fourth-order valence-corrected chi connectivity index (χ4v) is 1.42. The minimum Gasteiger partial charge on any atom is -0.461 e. The van der Waals surface area contributed by atoms with Crippen molar-refractivity contribution in [3.05, 3.63) is 35.9 Å². The Morgan fingerprint density at radius 2 is 2.33 bits per heavy atom. The Morgan fingerprint density at radius 3 is 3.13 bits per heavy atom. The first kappa shape index (κ1) is 8.43. The molecule has 0 aromatic carbocycles. The number of furan rings is 1. The summed E-state index contributed by atoms with van der Waals surface area (Å²) < 4.78 is 6.73. The number of nitrogens with zero attached hydrogens (tertiary/aromatic N) is 4. The monoisotopic (exact) mass is 220 g/mol. The Kier molecular flexibility index (Phi) is 1.72. The Hall–Kier alpha value is -1.88. The number of aromatic nitrogens is 4. The highest BCUT2D eigenvalue weighted by Gasteiger charge is 2.08. The maximum Gasteiger partial charge on any atom is 0.217 e. The first-order valence-corrected chi connectivity index (χ1v) is 4.62. The van der Waals surface area contributed by atoms with Gasteiger partial charge in [-0.2, -0.15) is 0 Å². The molecule has 0 unspecified atom stereocenters. The van der Waals surface area contributed by atoms with Crippen LogP contribution in [0.1, 0.15) is 0 Å². The molecule has 3 heterocycles. The molecule has 0 bridgehead atoms. The molecule has 0 aliphatic carbocycles. The molecule has 0 saturated carbocycles. The molecule has 3 rings (SSSR count). The van der Waals surface area contributed by atoms with Crippen molar-refractivity contribution < 1.29 is 4.42 Å². The lowest BCUT2D eigenvalue weighted by atomic mass is 10.4. The zero-order valence-electron chi connectivity index (χ0n) is 7.46. The van der Waals surface area contributed by atoms with E-state index >= 15 is 0 Å². The summed E-state index contributed by atoms with van der Waals surface area (Å²) in [5.41, 5.74) is 0.640. The number of hydrogen-bond donors (Lipinski definition) is 0. The summed E-state index contributed by atoms with van der Waals surface area (Å²) in [4.78, 5) is 8.15. The molecule has 0 aliphatic rings. The van der Waals surface area contributed by atoms with Crippen LogP contribution in [0.5, 0.6) is 0 Å². The summed E-state index contributed by atoms with van der Waals surface area (Å²) >= 11 is 5.74. The first-order chi connectivity index (χ1) is 7.33. The highest BCUT2D eigenvalue weighted by atomic mass is 35.5. The van der Waals surface area contributed by atoms with Crippen molar-refractivity contribution in [3.8, 4) is 11.6 Å². The van der Waals surface area contributed by atoms with E-state index in [1.165, 1.54) is 6.33 Å². The van der Waals surface area contributed by atoms with Gasteiger partial charge in [0.2, 0.25) is 5.82 Å². The predicted octanol–water partition coefficient (Wildman–Crippen LogP) is 2.04. The molecule has 0 aliphatic heterocycles. The highest BCUT2D eigenvalue weighted by molar-refractivity contribution is 6.29. The van der Waals surface area contributed by atoms with Crippen LogP contribution in [0.3, 0.4) is 0 Å². The molecule has 74 valence electrons. The molecule has 3 aromatic rings. The number of fused-ring (bicyclic) bond motifs is 1. The number of halogens is 1. The van der Waals surface area contributed by atoms with E-state index in [1.807, 2.05) is 0 Å². The third-order valence-corrected chi connectivity index (χ3v) is 2.14. The van der Waals surface area contributed by atoms with Crippen LogP contribution < -0.4 is 0 Å². The normalized spacial score (nSPS) is 11.0. The molecular formula is C9H5ClN4O. The summed E-state index contributed by atoms with van der Waals surface area (Å²) in [5.74, 6) is 1.14. The quantitative estimate of drug-likeness (QED) is 0.589. The average Bonchev–Trinajstić information content (AvgIpc) is 2.84. The van der Waals surface area contributed by atoms with Crippen molar-refractivity contribution in [2.24, 2.45) is 0 Å². The van der Waals surface area contributed by atoms with Crippen LogP contribution >= 0.6 is 11.6 Å². The second-order valence-corrected chi connectivity index (χ2v) is 3.31. The van der Waals surface area contributed by atoms with Gasteiger partial charge in [-0.1, -0.05) is 11.6 Å². The van der Waals surface area contributed by atoms with Gasteiger partial charge in [0, 0.05) is 6.07 Å². The molecule has 5 nitrogen and oxygen atoms in total. The van der Waals surface area contributed by atoms with Gasteiger partial charge in [0.05, 0.1) is 6.26 Å². The zero-order chi connectivity index (χ0) is 10.3. The van der Waals surface area contributed by atoms with E-state index in [0.717, 1.165) is 0 Å². The highest BCUT2D eigenvalue weighted by Crippen LogP contribution is 2.16. The maximum atomic E-state index is 5.74. The van der Waals surface area contributed by atoms with Crippen molar-refractivity contribution in [1.82, 2.24) is 19.6 Å². The van der Waals surface area contributed by atoms with E-state index in [-0.39, 0.29) is 0 Å². The summed E-state index contributed by atoms with van der Waals surface area (Å²) in [6.45, 7) is 0. The second kappa shape index (κ2) is 3.06. The van der Waals surface area contributed by atoms with E-state index in [9.17, 15) is 0 Å². The fraction of sp³-hybridized carbons (Fsp3) is 0. The molecule has 0 radical (unpaired) electrons. The summed E-state index contributed by atoms with van der Waals surface area (Å²) in [7, 11) is 0. The van der Waals surface area contributed by atoms with Crippen LogP contribution in [0.4, 0.5) is 0 Å². The van der Waals surface area contributed by atoms with Gasteiger partial charge in [0.1, 0.15) is 11.5 Å². The lowest BCUT2D eigenvalue weighted by molar-refractivity contribution is 0.577. The molecule has 3 aromatic heterocycles. The van der Waals surface area contributed by atoms with E-state index in [0.29, 0.717) is 22.4 Å². The van der Waals surface area contributed by atoms with Gasteiger partial charge in [-0.25, -0.2) is 14.5 Å². The molecule has 0 atom stereocenters. The zero-order valence-corrected chi connectivity index (χ0v) is 8.22. The van der Waals surface area contributed by atoms with Gasteiger partial charge in [-0.05, 0) is 12.1 Å². The summed E-state index contributed by atoms with van der Waals surface area (Å²) in [6, 6.07) is 5.22. The van der Waals surface area contributed by atoms with Crippen molar-refractivity contribution >= 4 is 17.2 Å². The largest absolute Gasteiger partial charge is 0.461 e. The number of rotatable bonds is 1. The van der Waals surface area contributed by atoms with Gasteiger partial charge >= 0.3 is 0 Å². The Bertz CT molecular complexity index is 602. The Balaban J connectivity index is 2.22. The van der Waals surface area contributed by atoms with Crippen LogP contribution in [0.2, 0.25) is 5.15 Å². The molecule has 0 fully saturated rings. The van der Waals surface area contributed by atoms with E-state index < -0.39 is 0 Å². The van der Waals surface area contributed by atoms with Gasteiger partial charge < -0.3 is 4.42 Å². The van der Waals surface area contributed by atoms with Gasteiger partial charge in [0.15, 0.2) is 11.4 Å². The maximum absolute atomic E-state index is 5.74. The third-order valence-electron chi connectivity index (χ3n) is 1.94. The van der Waals surface area contributed by atoms with Crippen molar-refractivity contribution in [2.45, 2.75) is 0 Å². The van der Waals surface area contributed by atoms with Crippen LogP contribution in [-0.4, -0.2) is 19.6 Å². The summed E-state index contributed by atoms with van der Waals surface area (Å²) in [6.07, 6.45) is 3.09. The Labute approximate surface area is 89.3 Å². The molecular weight excluding hydrogens is 216 g/mol. The van der Waals surface area contributed by atoms with Crippen LogP contribution in [0, 0.1) is 0 Å². The lowest BCUT2D eigenvalue weighted by Crippen LogP contribution is -1.88. The second-order valence-electron chi connectivity index (χ2n) is 2.93. The fourth-order valence-electron chi connectivity index (χ4n) is 1.28. The van der Waals surface area contributed by atoms with Crippen molar-refractivity contribution in [2.75, 3.05) is 0 Å². The minimum absolute atomic E-state index is 0.390. The third kappa shape index (κ3) is 1.37. The number of hydrogen-bond acceptors (Lipinski definition) is 4. The van der Waals surface area contributed by atoms with E-state index in [2.05, 4.69) is 15.1 Å². The molecule has 0 amide bonds. The van der Waals surface area contributed by atoms with Crippen molar-refractivity contribution in [1.29, 1.82) is 0 Å². The first-order valence-electron chi connectivity index (χ1n) is 4.25. The standard InChI is InChI=1S/C9H5ClN4O/c10-7-4-8-12-9(6-2-1-3-15-6)13-14(8)5-11-7/h1-5H. The summed E-state index contributed by atoms with van der Waals surface area (Å²) in [5, 5.41) is 4.58. The van der Waals surface area contributed by atoms with Crippen LogP contribution in [-0.2, 0) is 0 Å². The van der Waals surface area contributed by atoms with Crippen molar-refractivity contribution in [3.63, 3.8) is 0 Å². The van der Waals surface area contributed by atoms with E-state index in [1.54, 1.807) is 29.0 Å². The van der Waals surface area contributed by atoms with Gasteiger partial charge in [0.25, 0.3) is 0 Å². The van der Waals surface area contributed by atoms with Crippen LogP contribution in [0.15, 0.2) is 35.2 Å². The molecule has 0 N–H and O–H groups in total. The van der Waals surface area contributed by atoms with Crippen LogP contribution in [0.25, 0.3) is 17.2 Å². The smallest absolute Gasteiger partial charge is 0.217 e. The molecule has 0 saturated heterocycles. The van der Waals surface area contributed by atoms with E-state index in [4.69, 9.17) is 16.0 Å². The minimum atomic E-state index is 0.390. The predicted molar refractivity (Wildman–Crippen MR) is 53.5 cm³/mol. The molecule has 15 heavy (non-hydrogen) atoms. The lowest BCUT2D eigenvalue weighted by Gasteiger charge is -1.88. The average molecular weight is 221 g/mol. The van der Waals surface area contributed by atoms with Gasteiger partial charge in [-0.15, -0.1) is 5.10 Å². The molecule has 6 heteroatoms. The van der Waals surface area contributed by atoms with Gasteiger partial charge in [-0.3, -0.25) is 0 Å². The molecule has 0 spiro atoms. The SMILES string of the molecule is Clc1cc2nc(-c3ccco3)nn2cn1.